The van der Waals surface area contributed by atoms with Crippen molar-refractivity contribution in [2.24, 2.45) is 0 Å². The van der Waals surface area contributed by atoms with Gasteiger partial charge in [0.1, 0.15) is 0 Å². The third-order valence-corrected chi connectivity index (χ3v) is 3.37. The summed E-state index contributed by atoms with van der Waals surface area (Å²) in [5.74, 6) is -0.208. The number of amides is 1. The second-order valence-corrected chi connectivity index (χ2v) is 5.26. The minimum absolute atomic E-state index is 0.208. The molecule has 2 aromatic carbocycles. The average molecular weight is 305 g/mol. The molecule has 1 amide bonds. The summed E-state index contributed by atoms with van der Waals surface area (Å²) in [6.07, 6.45) is 1.84. The minimum Gasteiger partial charge on any atom is -0.361 e. The Balaban J connectivity index is 1.88. The van der Waals surface area contributed by atoms with Crippen LogP contribution in [-0.2, 0) is 0 Å². The lowest BCUT2D eigenvalue weighted by Gasteiger charge is -2.06. The van der Waals surface area contributed by atoms with Gasteiger partial charge in [0, 0.05) is 33.0 Å². The molecule has 3 rings (SSSR count). The van der Waals surface area contributed by atoms with Crippen molar-refractivity contribution in [3.8, 4) is 0 Å². The Hall–Kier alpha value is -1.97. The molecule has 0 radical (unpaired) electrons. The first-order chi connectivity index (χ1) is 9.61. The highest BCUT2D eigenvalue weighted by molar-refractivity contribution is 6.35. The number of carbonyl (C=O) groups excluding carboxylic acids is 1. The molecule has 0 aliphatic heterocycles. The fraction of sp³-hybridized carbons (Fsp3) is 0. The molecule has 0 atom stereocenters. The lowest BCUT2D eigenvalue weighted by Crippen LogP contribution is -2.11. The van der Waals surface area contributed by atoms with E-state index in [1.165, 1.54) is 0 Å². The van der Waals surface area contributed by atoms with E-state index in [9.17, 15) is 4.79 Å². The topological polar surface area (TPSA) is 44.9 Å². The van der Waals surface area contributed by atoms with Gasteiger partial charge in [-0.3, -0.25) is 4.79 Å². The lowest BCUT2D eigenvalue weighted by atomic mass is 10.1. The largest absolute Gasteiger partial charge is 0.361 e. The number of carbonyl (C=O) groups is 1. The van der Waals surface area contributed by atoms with Gasteiger partial charge in [0.15, 0.2) is 0 Å². The van der Waals surface area contributed by atoms with Crippen molar-refractivity contribution in [2.75, 3.05) is 5.32 Å². The first kappa shape index (κ1) is 13.0. The van der Waals surface area contributed by atoms with E-state index in [4.69, 9.17) is 23.2 Å². The van der Waals surface area contributed by atoms with Gasteiger partial charge < -0.3 is 10.3 Å². The predicted molar refractivity (Wildman–Crippen MR) is 82.7 cm³/mol. The molecular weight excluding hydrogens is 295 g/mol. The van der Waals surface area contributed by atoms with E-state index in [0.717, 1.165) is 10.9 Å². The number of fused-ring (bicyclic) bond motifs is 1. The normalized spacial score (nSPS) is 10.7. The minimum atomic E-state index is -0.208. The number of benzene rings is 2. The molecule has 0 aliphatic rings. The van der Waals surface area contributed by atoms with Crippen molar-refractivity contribution in [3.63, 3.8) is 0 Å². The quantitative estimate of drug-likeness (QED) is 0.706. The van der Waals surface area contributed by atoms with Crippen LogP contribution in [0.3, 0.4) is 0 Å². The molecule has 3 aromatic rings. The second-order valence-electron chi connectivity index (χ2n) is 4.39. The van der Waals surface area contributed by atoms with Crippen molar-refractivity contribution >= 4 is 45.7 Å². The molecule has 3 nitrogen and oxygen atoms in total. The van der Waals surface area contributed by atoms with Crippen molar-refractivity contribution in [1.82, 2.24) is 4.98 Å². The highest BCUT2D eigenvalue weighted by Crippen LogP contribution is 2.23. The van der Waals surface area contributed by atoms with Crippen LogP contribution in [0, 0.1) is 0 Å². The molecule has 1 heterocycles. The molecule has 0 bridgehead atoms. The van der Waals surface area contributed by atoms with Gasteiger partial charge in [0.05, 0.1) is 0 Å². The van der Waals surface area contributed by atoms with Crippen molar-refractivity contribution in [2.45, 2.75) is 0 Å². The number of aromatic amines is 1. The number of hydrogen-bond acceptors (Lipinski definition) is 1. The maximum atomic E-state index is 12.2. The highest BCUT2D eigenvalue weighted by atomic mass is 35.5. The van der Waals surface area contributed by atoms with Gasteiger partial charge in [-0.1, -0.05) is 29.3 Å². The number of H-pyrrole nitrogens is 1. The molecule has 0 spiro atoms. The van der Waals surface area contributed by atoms with Gasteiger partial charge in [-0.25, -0.2) is 0 Å². The van der Waals surface area contributed by atoms with Gasteiger partial charge in [-0.2, -0.15) is 0 Å². The van der Waals surface area contributed by atoms with Gasteiger partial charge in [0.25, 0.3) is 5.91 Å². The third kappa shape index (κ3) is 2.64. The fourth-order valence-corrected chi connectivity index (χ4v) is 2.54. The van der Waals surface area contributed by atoms with Gasteiger partial charge in [-0.05, 0) is 41.8 Å². The molecule has 0 aliphatic carbocycles. The van der Waals surface area contributed by atoms with E-state index in [-0.39, 0.29) is 5.91 Å². The van der Waals surface area contributed by atoms with Crippen LogP contribution in [-0.4, -0.2) is 10.9 Å². The van der Waals surface area contributed by atoms with Crippen LogP contribution < -0.4 is 5.32 Å². The summed E-state index contributed by atoms with van der Waals surface area (Å²) in [5, 5.41) is 4.80. The number of hydrogen-bond donors (Lipinski definition) is 2. The molecule has 0 fully saturated rings. The third-order valence-electron chi connectivity index (χ3n) is 2.94. The summed E-state index contributed by atoms with van der Waals surface area (Å²) < 4.78 is 0. The highest BCUT2D eigenvalue weighted by Gasteiger charge is 2.08. The fourth-order valence-electron chi connectivity index (χ4n) is 2.02. The van der Waals surface area contributed by atoms with E-state index in [1.54, 1.807) is 30.3 Å². The Morgan fingerprint density at radius 2 is 1.75 bits per heavy atom. The van der Waals surface area contributed by atoms with Crippen molar-refractivity contribution in [3.05, 3.63) is 64.3 Å². The van der Waals surface area contributed by atoms with Crippen molar-refractivity contribution < 1.29 is 4.79 Å². The Bertz CT molecular complexity index is 775. The predicted octanol–water partition coefficient (Wildman–Crippen LogP) is 4.73. The molecule has 0 unspecified atom stereocenters. The monoisotopic (exact) mass is 304 g/mol. The number of nitrogens with one attached hydrogen (secondary N) is 2. The van der Waals surface area contributed by atoms with E-state index >= 15 is 0 Å². The van der Waals surface area contributed by atoms with Crippen LogP contribution in [0.15, 0.2) is 48.7 Å². The van der Waals surface area contributed by atoms with E-state index in [2.05, 4.69) is 10.3 Å². The number of aromatic nitrogens is 1. The molecular formula is C15H10Cl2N2O. The molecule has 2 N–H and O–H groups in total. The van der Waals surface area contributed by atoms with Crippen molar-refractivity contribution in [1.29, 1.82) is 0 Å². The van der Waals surface area contributed by atoms with Crippen LogP contribution in [0.4, 0.5) is 5.69 Å². The van der Waals surface area contributed by atoms with Crippen LogP contribution in [0.2, 0.25) is 10.0 Å². The maximum Gasteiger partial charge on any atom is 0.255 e. The number of anilines is 1. The number of halogens is 2. The zero-order valence-electron chi connectivity index (χ0n) is 10.3. The summed E-state index contributed by atoms with van der Waals surface area (Å²) in [7, 11) is 0. The Morgan fingerprint density at radius 3 is 2.50 bits per heavy atom. The first-order valence-electron chi connectivity index (χ1n) is 5.96. The standard InChI is InChI=1S/C15H10Cl2N2O/c16-11-6-12(17)8-13(7-11)19-15(20)10-2-1-9-3-4-18-14(9)5-10/h1-8,18H,(H,19,20). The van der Waals surface area contributed by atoms with Gasteiger partial charge in [0.2, 0.25) is 0 Å². The molecule has 5 heteroatoms. The van der Waals surface area contributed by atoms with Crippen LogP contribution in [0.25, 0.3) is 10.9 Å². The Kier molecular flexibility index (Phi) is 3.38. The van der Waals surface area contributed by atoms with E-state index in [1.807, 2.05) is 18.3 Å². The first-order valence-corrected chi connectivity index (χ1v) is 6.72. The Morgan fingerprint density at radius 1 is 1.00 bits per heavy atom. The molecule has 0 saturated heterocycles. The SMILES string of the molecule is O=C(Nc1cc(Cl)cc(Cl)c1)c1ccc2cc[nH]c2c1. The summed E-state index contributed by atoms with van der Waals surface area (Å²) in [4.78, 5) is 15.3. The Labute approximate surface area is 125 Å². The smallest absolute Gasteiger partial charge is 0.255 e. The summed E-state index contributed by atoms with van der Waals surface area (Å²) in [6.45, 7) is 0. The number of rotatable bonds is 2. The van der Waals surface area contributed by atoms with Gasteiger partial charge in [-0.15, -0.1) is 0 Å². The maximum absolute atomic E-state index is 12.2. The zero-order chi connectivity index (χ0) is 14.1. The summed E-state index contributed by atoms with van der Waals surface area (Å²) in [5.41, 5.74) is 2.05. The van der Waals surface area contributed by atoms with Crippen LogP contribution >= 0.6 is 23.2 Å². The summed E-state index contributed by atoms with van der Waals surface area (Å²) in [6, 6.07) is 12.3. The van der Waals surface area contributed by atoms with E-state index in [0.29, 0.717) is 21.3 Å². The zero-order valence-corrected chi connectivity index (χ0v) is 11.8. The van der Waals surface area contributed by atoms with Crippen LogP contribution in [0.1, 0.15) is 10.4 Å². The molecule has 0 saturated carbocycles. The van der Waals surface area contributed by atoms with E-state index < -0.39 is 0 Å². The van der Waals surface area contributed by atoms with Crippen LogP contribution in [0.5, 0.6) is 0 Å². The van der Waals surface area contributed by atoms with Gasteiger partial charge >= 0.3 is 0 Å². The molecule has 20 heavy (non-hydrogen) atoms. The second kappa shape index (κ2) is 5.19. The molecule has 1 aromatic heterocycles. The average Bonchev–Trinajstić information content (AvgIpc) is 2.84. The molecule has 100 valence electrons. The summed E-state index contributed by atoms with van der Waals surface area (Å²) >= 11 is 11.8. The lowest BCUT2D eigenvalue weighted by molar-refractivity contribution is 0.102.